The molecule has 0 unspecified atom stereocenters. The third-order valence-electron chi connectivity index (χ3n) is 4.82. The number of H-pyrrole nitrogens is 1. The van der Waals surface area contributed by atoms with Gasteiger partial charge >= 0.3 is 0 Å². The summed E-state index contributed by atoms with van der Waals surface area (Å²) in [7, 11) is 0. The molecule has 23 heavy (non-hydrogen) atoms. The lowest BCUT2D eigenvalue weighted by Crippen LogP contribution is -2.52. The number of benzene rings is 1. The maximum absolute atomic E-state index is 12.5. The van der Waals surface area contributed by atoms with Crippen molar-refractivity contribution in [3.05, 3.63) is 34.5 Å². The van der Waals surface area contributed by atoms with Crippen molar-refractivity contribution in [1.82, 2.24) is 15.6 Å². The fourth-order valence-electron chi connectivity index (χ4n) is 3.46. The number of aliphatic hydroxyl groups excluding tert-OH is 1. The van der Waals surface area contributed by atoms with Crippen LogP contribution in [0.3, 0.4) is 0 Å². The van der Waals surface area contributed by atoms with E-state index in [9.17, 15) is 9.90 Å². The van der Waals surface area contributed by atoms with Gasteiger partial charge in [0.25, 0.3) is 0 Å². The number of fused-ring (bicyclic) bond motifs is 1. The van der Waals surface area contributed by atoms with Gasteiger partial charge in [0.2, 0.25) is 5.91 Å². The molecule has 3 rings (SSSR count). The van der Waals surface area contributed by atoms with Crippen molar-refractivity contribution in [2.45, 2.75) is 45.8 Å². The molecule has 0 bridgehead atoms. The number of carbonyl (C=O) groups excluding carboxylic acids is 1. The minimum Gasteiger partial charge on any atom is -0.390 e. The maximum atomic E-state index is 12.5. The lowest BCUT2D eigenvalue weighted by atomic mass is 10.00. The standard InChI is InChI=1S/C18H25N3O2/c1-10-4-5-11(2)18-17(10)13(12(3)20-18)8-16(23)21-14-6-7-19-9-15(14)22/h4-5,14-15,19-20,22H,6-9H2,1-3H3,(H,21,23)/t14-,15-/m1/s1. The number of carbonyl (C=O) groups is 1. The number of hydrogen-bond donors (Lipinski definition) is 4. The quantitative estimate of drug-likeness (QED) is 0.693. The summed E-state index contributed by atoms with van der Waals surface area (Å²) in [5.74, 6) is -0.0270. The fraction of sp³-hybridized carbons (Fsp3) is 0.500. The predicted octanol–water partition coefficient (Wildman–Crippen LogP) is 1.47. The third kappa shape index (κ3) is 3.12. The molecule has 1 amide bonds. The highest BCUT2D eigenvalue weighted by atomic mass is 16.3. The maximum Gasteiger partial charge on any atom is 0.224 e. The van der Waals surface area contributed by atoms with Gasteiger partial charge in [0, 0.05) is 23.1 Å². The Hall–Kier alpha value is -1.85. The first kappa shape index (κ1) is 16.0. The van der Waals surface area contributed by atoms with Crippen LogP contribution in [0.25, 0.3) is 10.9 Å². The molecule has 2 atom stereocenters. The van der Waals surface area contributed by atoms with Crippen LogP contribution in [0.4, 0.5) is 0 Å². The van der Waals surface area contributed by atoms with Gasteiger partial charge in [0.1, 0.15) is 0 Å². The van der Waals surface area contributed by atoms with Crippen molar-refractivity contribution < 1.29 is 9.90 Å². The van der Waals surface area contributed by atoms with E-state index < -0.39 is 6.10 Å². The molecule has 2 aromatic rings. The smallest absolute Gasteiger partial charge is 0.224 e. The van der Waals surface area contributed by atoms with Crippen LogP contribution in [0.1, 0.15) is 28.8 Å². The van der Waals surface area contributed by atoms with Crippen LogP contribution in [-0.4, -0.2) is 41.2 Å². The number of amides is 1. The molecule has 0 spiro atoms. The van der Waals surface area contributed by atoms with E-state index in [4.69, 9.17) is 0 Å². The second-order valence-corrected chi connectivity index (χ2v) is 6.59. The Morgan fingerprint density at radius 2 is 2.04 bits per heavy atom. The minimum atomic E-state index is -0.513. The first-order valence-corrected chi connectivity index (χ1v) is 8.23. The highest BCUT2D eigenvalue weighted by Crippen LogP contribution is 2.28. The molecule has 0 radical (unpaired) electrons. The molecular weight excluding hydrogens is 290 g/mol. The van der Waals surface area contributed by atoms with Crippen molar-refractivity contribution >= 4 is 16.8 Å². The Bertz CT molecular complexity index is 735. The second kappa shape index (κ2) is 6.34. The normalized spacial score (nSPS) is 21.6. The van der Waals surface area contributed by atoms with Gasteiger partial charge in [-0.2, -0.15) is 0 Å². The van der Waals surface area contributed by atoms with Gasteiger partial charge in [0.15, 0.2) is 0 Å². The van der Waals surface area contributed by atoms with E-state index in [0.717, 1.165) is 35.1 Å². The number of aliphatic hydroxyl groups is 1. The van der Waals surface area contributed by atoms with E-state index in [-0.39, 0.29) is 11.9 Å². The summed E-state index contributed by atoms with van der Waals surface area (Å²) in [6, 6.07) is 4.04. The van der Waals surface area contributed by atoms with Crippen LogP contribution in [0.5, 0.6) is 0 Å². The molecule has 1 fully saturated rings. The van der Waals surface area contributed by atoms with Crippen LogP contribution in [0.2, 0.25) is 0 Å². The van der Waals surface area contributed by atoms with E-state index >= 15 is 0 Å². The van der Waals surface area contributed by atoms with Gasteiger partial charge in [-0.3, -0.25) is 4.79 Å². The molecule has 124 valence electrons. The number of aromatic amines is 1. The summed E-state index contributed by atoms with van der Waals surface area (Å²) >= 11 is 0. The zero-order valence-corrected chi connectivity index (χ0v) is 14.0. The number of piperidine rings is 1. The van der Waals surface area contributed by atoms with Crippen LogP contribution in [0, 0.1) is 20.8 Å². The van der Waals surface area contributed by atoms with Crippen LogP contribution < -0.4 is 10.6 Å². The molecule has 1 aromatic heterocycles. The predicted molar refractivity (Wildman–Crippen MR) is 91.6 cm³/mol. The minimum absolute atomic E-state index is 0.0270. The molecule has 1 aromatic carbocycles. The zero-order chi connectivity index (χ0) is 16.6. The number of hydrogen-bond acceptors (Lipinski definition) is 3. The van der Waals surface area contributed by atoms with Gasteiger partial charge in [-0.25, -0.2) is 0 Å². The van der Waals surface area contributed by atoms with E-state index in [1.165, 1.54) is 11.1 Å². The van der Waals surface area contributed by atoms with E-state index in [2.05, 4.69) is 41.6 Å². The average molecular weight is 315 g/mol. The Morgan fingerprint density at radius 3 is 2.78 bits per heavy atom. The SMILES string of the molecule is Cc1[nH]c2c(C)ccc(C)c2c1CC(=O)N[C@@H]1CCNC[C@H]1O. The number of aromatic nitrogens is 1. The monoisotopic (exact) mass is 315 g/mol. The number of β-amino-alcohol motifs (C(OH)–C–C–N with tert-alkyl or cyclic N) is 1. The molecule has 1 saturated heterocycles. The van der Waals surface area contributed by atoms with Crippen molar-refractivity contribution in [3.8, 4) is 0 Å². The summed E-state index contributed by atoms with van der Waals surface area (Å²) in [5, 5.41) is 17.2. The Kier molecular flexibility index (Phi) is 4.41. The number of rotatable bonds is 3. The molecule has 0 aliphatic carbocycles. The van der Waals surface area contributed by atoms with Gasteiger partial charge < -0.3 is 20.7 Å². The molecular formula is C18H25N3O2. The van der Waals surface area contributed by atoms with Crippen LogP contribution >= 0.6 is 0 Å². The van der Waals surface area contributed by atoms with Crippen molar-refractivity contribution in [1.29, 1.82) is 0 Å². The summed E-state index contributed by atoms with van der Waals surface area (Å²) in [6.45, 7) is 7.53. The zero-order valence-electron chi connectivity index (χ0n) is 14.0. The molecule has 4 N–H and O–H groups in total. The van der Waals surface area contributed by atoms with E-state index in [1.807, 2.05) is 6.92 Å². The van der Waals surface area contributed by atoms with Gasteiger partial charge in [-0.1, -0.05) is 12.1 Å². The lowest BCUT2D eigenvalue weighted by molar-refractivity contribution is -0.122. The second-order valence-electron chi connectivity index (χ2n) is 6.59. The largest absolute Gasteiger partial charge is 0.390 e. The highest BCUT2D eigenvalue weighted by Gasteiger charge is 2.25. The van der Waals surface area contributed by atoms with Crippen LogP contribution in [0.15, 0.2) is 12.1 Å². The topological polar surface area (TPSA) is 77.2 Å². The highest BCUT2D eigenvalue weighted by molar-refractivity contribution is 5.93. The lowest BCUT2D eigenvalue weighted by Gasteiger charge is -2.29. The Morgan fingerprint density at radius 1 is 1.30 bits per heavy atom. The van der Waals surface area contributed by atoms with Gasteiger partial charge in [-0.05, 0) is 50.4 Å². The number of aryl methyl sites for hydroxylation is 3. The summed E-state index contributed by atoms with van der Waals surface area (Å²) in [4.78, 5) is 15.9. The van der Waals surface area contributed by atoms with Crippen molar-refractivity contribution in [3.63, 3.8) is 0 Å². The molecule has 2 heterocycles. The molecule has 5 heteroatoms. The first-order valence-electron chi connectivity index (χ1n) is 8.23. The summed E-state index contributed by atoms with van der Waals surface area (Å²) < 4.78 is 0. The molecule has 0 saturated carbocycles. The average Bonchev–Trinajstić information content (AvgIpc) is 2.84. The van der Waals surface area contributed by atoms with Gasteiger partial charge in [0.05, 0.1) is 18.6 Å². The van der Waals surface area contributed by atoms with E-state index in [1.54, 1.807) is 0 Å². The first-order chi connectivity index (χ1) is 11.0. The van der Waals surface area contributed by atoms with Gasteiger partial charge in [-0.15, -0.1) is 0 Å². The van der Waals surface area contributed by atoms with Crippen LogP contribution in [-0.2, 0) is 11.2 Å². The Balaban J connectivity index is 1.82. The molecule has 1 aliphatic rings. The molecule has 1 aliphatic heterocycles. The fourth-order valence-corrected chi connectivity index (χ4v) is 3.46. The summed E-state index contributed by atoms with van der Waals surface area (Å²) in [5.41, 5.74) is 5.58. The van der Waals surface area contributed by atoms with E-state index in [0.29, 0.717) is 13.0 Å². The third-order valence-corrected chi connectivity index (χ3v) is 4.82. The van der Waals surface area contributed by atoms with Crippen molar-refractivity contribution in [2.24, 2.45) is 0 Å². The molecule has 5 nitrogen and oxygen atoms in total. The number of nitrogens with one attached hydrogen (secondary N) is 3. The summed E-state index contributed by atoms with van der Waals surface area (Å²) in [6.07, 6.45) is 0.589. The Labute approximate surface area is 136 Å². The van der Waals surface area contributed by atoms with Crippen molar-refractivity contribution in [2.75, 3.05) is 13.1 Å².